The van der Waals surface area contributed by atoms with E-state index < -0.39 is 9.84 Å². The molecule has 2 N–H and O–H groups in total. The van der Waals surface area contributed by atoms with Crippen molar-refractivity contribution in [1.82, 2.24) is 0 Å². The molecular formula is C15H25NO3S. The van der Waals surface area contributed by atoms with Crippen LogP contribution in [0.15, 0.2) is 18.2 Å². The number of hydrogen-bond donors (Lipinski definition) is 1. The Morgan fingerprint density at radius 2 is 2.00 bits per heavy atom. The monoisotopic (exact) mass is 299 g/mol. The van der Waals surface area contributed by atoms with Gasteiger partial charge in [0.2, 0.25) is 0 Å². The summed E-state index contributed by atoms with van der Waals surface area (Å²) in [5.41, 5.74) is 7.46. The van der Waals surface area contributed by atoms with Crippen molar-refractivity contribution in [2.75, 3.05) is 12.9 Å². The number of benzene rings is 1. The Morgan fingerprint density at radius 3 is 2.55 bits per heavy atom. The Balaban J connectivity index is 2.91. The van der Waals surface area contributed by atoms with Crippen LogP contribution in [-0.2, 0) is 15.6 Å². The number of ether oxygens (including phenoxy) is 1. The molecular weight excluding hydrogens is 274 g/mol. The summed E-state index contributed by atoms with van der Waals surface area (Å²) in [6, 6.07) is 5.37. The fourth-order valence-electron chi connectivity index (χ4n) is 2.08. The summed E-state index contributed by atoms with van der Waals surface area (Å²) in [6.45, 7) is 3.93. The Morgan fingerprint density at radius 1 is 1.30 bits per heavy atom. The molecule has 0 aromatic heterocycles. The van der Waals surface area contributed by atoms with Crippen LogP contribution in [0.2, 0.25) is 0 Å². The van der Waals surface area contributed by atoms with Crippen molar-refractivity contribution in [3.8, 4) is 5.75 Å². The molecule has 20 heavy (non-hydrogen) atoms. The summed E-state index contributed by atoms with van der Waals surface area (Å²) in [6.07, 6.45) is 2.67. The average Bonchev–Trinajstić information content (AvgIpc) is 2.38. The van der Waals surface area contributed by atoms with Crippen LogP contribution in [0.3, 0.4) is 0 Å². The standard InChI is InChI=1S/C15H25NO3S/c1-4-5-6-9-20(17,18)11-14-10-13(12(2)16)7-8-15(14)19-3/h7-8,10,12H,4-6,9,11,16H2,1-3H3. The van der Waals surface area contributed by atoms with Crippen LogP contribution in [0.5, 0.6) is 5.75 Å². The van der Waals surface area contributed by atoms with Crippen LogP contribution in [0.25, 0.3) is 0 Å². The third-order valence-corrected chi connectivity index (χ3v) is 4.93. The number of nitrogens with two attached hydrogens (primary N) is 1. The fourth-order valence-corrected chi connectivity index (χ4v) is 3.56. The molecule has 1 atom stereocenters. The fraction of sp³-hybridized carbons (Fsp3) is 0.600. The van der Waals surface area contributed by atoms with Crippen molar-refractivity contribution in [3.63, 3.8) is 0 Å². The van der Waals surface area contributed by atoms with Crippen LogP contribution in [0.1, 0.15) is 50.3 Å². The van der Waals surface area contributed by atoms with E-state index in [4.69, 9.17) is 10.5 Å². The zero-order chi connectivity index (χ0) is 15.2. The second-order valence-electron chi connectivity index (χ2n) is 5.16. The lowest BCUT2D eigenvalue weighted by atomic mass is 10.1. The highest BCUT2D eigenvalue weighted by atomic mass is 32.2. The maximum atomic E-state index is 12.1. The molecule has 114 valence electrons. The van der Waals surface area contributed by atoms with E-state index in [1.807, 2.05) is 19.1 Å². The van der Waals surface area contributed by atoms with E-state index in [-0.39, 0.29) is 17.5 Å². The van der Waals surface area contributed by atoms with Crippen LogP contribution in [-0.4, -0.2) is 21.3 Å². The molecule has 0 saturated heterocycles. The molecule has 4 nitrogen and oxygen atoms in total. The average molecular weight is 299 g/mol. The Labute approximate surface area is 122 Å². The lowest BCUT2D eigenvalue weighted by Gasteiger charge is -2.13. The van der Waals surface area contributed by atoms with Gasteiger partial charge in [0.1, 0.15) is 5.75 Å². The topological polar surface area (TPSA) is 69.4 Å². The molecule has 1 aromatic carbocycles. The summed E-state index contributed by atoms with van der Waals surface area (Å²) in [7, 11) is -1.55. The van der Waals surface area contributed by atoms with Gasteiger partial charge in [-0.25, -0.2) is 8.42 Å². The first-order valence-electron chi connectivity index (χ1n) is 7.02. The maximum absolute atomic E-state index is 12.1. The highest BCUT2D eigenvalue weighted by Gasteiger charge is 2.16. The van der Waals surface area contributed by atoms with Gasteiger partial charge in [0, 0.05) is 11.6 Å². The first kappa shape index (κ1) is 17.0. The molecule has 5 heteroatoms. The van der Waals surface area contributed by atoms with Crippen LogP contribution in [0, 0.1) is 0 Å². The summed E-state index contributed by atoms with van der Waals surface area (Å²) in [5, 5.41) is 0. The highest BCUT2D eigenvalue weighted by molar-refractivity contribution is 7.90. The first-order valence-corrected chi connectivity index (χ1v) is 8.84. The minimum Gasteiger partial charge on any atom is -0.496 e. The Kier molecular flexibility index (Phi) is 6.49. The van der Waals surface area contributed by atoms with E-state index >= 15 is 0 Å². The molecule has 1 aromatic rings. The number of sulfone groups is 1. The Bertz CT molecular complexity index is 524. The molecule has 0 bridgehead atoms. The van der Waals surface area contributed by atoms with Crippen molar-refractivity contribution in [1.29, 1.82) is 0 Å². The SMILES string of the molecule is CCCCCS(=O)(=O)Cc1cc(C(C)N)ccc1OC. The summed E-state index contributed by atoms with van der Waals surface area (Å²) < 4.78 is 29.5. The molecule has 1 unspecified atom stereocenters. The van der Waals surface area contributed by atoms with E-state index in [2.05, 4.69) is 6.92 Å². The number of rotatable bonds is 8. The second-order valence-corrected chi connectivity index (χ2v) is 7.34. The van der Waals surface area contributed by atoms with Gasteiger partial charge in [0.25, 0.3) is 0 Å². The lowest BCUT2D eigenvalue weighted by molar-refractivity contribution is 0.410. The molecule has 0 aliphatic carbocycles. The normalized spacial score (nSPS) is 13.2. The molecule has 0 heterocycles. The van der Waals surface area contributed by atoms with E-state index in [1.165, 1.54) is 0 Å². The molecule has 0 amide bonds. The zero-order valence-corrected chi connectivity index (χ0v) is 13.4. The van der Waals surface area contributed by atoms with Crippen molar-refractivity contribution < 1.29 is 13.2 Å². The lowest BCUT2D eigenvalue weighted by Crippen LogP contribution is -2.12. The zero-order valence-electron chi connectivity index (χ0n) is 12.6. The Hall–Kier alpha value is -1.07. The maximum Gasteiger partial charge on any atom is 0.154 e. The number of methoxy groups -OCH3 is 1. The molecule has 0 saturated carbocycles. The molecule has 0 fully saturated rings. The van der Waals surface area contributed by atoms with Crippen molar-refractivity contribution in [2.24, 2.45) is 5.73 Å². The van der Waals surface area contributed by atoms with Gasteiger partial charge in [-0.2, -0.15) is 0 Å². The van der Waals surface area contributed by atoms with Gasteiger partial charge in [0.15, 0.2) is 9.84 Å². The number of hydrogen-bond acceptors (Lipinski definition) is 4. The minimum absolute atomic E-state index is 0.0143. The van der Waals surface area contributed by atoms with E-state index in [0.717, 1.165) is 18.4 Å². The van der Waals surface area contributed by atoms with Crippen LogP contribution in [0.4, 0.5) is 0 Å². The first-order chi connectivity index (χ1) is 9.39. The smallest absolute Gasteiger partial charge is 0.154 e. The van der Waals surface area contributed by atoms with Gasteiger partial charge in [-0.15, -0.1) is 0 Å². The second kappa shape index (κ2) is 7.64. The molecule has 0 aliphatic heterocycles. The summed E-state index contributed by atoms with van der Waals surface area (Å²) in [4.78, 5) is 0. The van der Waals surface area contributed by atoms with E-state index in [0.29, 0.717) is 17.7 Å². The van der Waals surface area contributed by atoms with Gasteiger partial charge < -0.3 is 10.5 Å². The molecule has 0 aliphatic rings. The van der Waals surface area contributed by atoms with Crippen LogP contribution >= 0.6 is 0 Å². The van der Waals surface area contributed by atoms with Gasteiger partial charge >= 0.3 is 0 Å². The van der Waals surface area contributed by atoms with E-state index in [9.17, 15) is 8.42 Å². The number of unbranched alkanes of at least 4 members (excludes halogenated alkanes) is 2. The largest absolute Gasteiger partial charge is 0.496 e. The summed E-state index contributed by atoms with van der Waals surface area (Å²) in [5.74, 6) is 0.848. The predicted molar refractivity (Wildman–Crippen MR) is 82.6 cm³/mol. The highest BCUT2D eigenvalue weighted by Crippen LogP contribution is 2.25. The molecule has 0 radical (unpaired) electrons. The van der Waals surface area contributed by atoms with E-state index in [1.54, 1.807) is 13.2 Å². The third-order valence-electron chi connectivity index (χ3n) is 3.26. The third kappa shape index (κ3) is 5.13. The molecule has 1 rings (SSSR count). The predicted octanol–water partition coefficient (Wildman–Crippen LogP) is 2.82. The summed E-state index contributed by atoms with van der Waals surface area (Å²) >= 11 is 0. The van der Waals surface area contributed by atoms with Crippen molar-refractivity contribution in [3.05, 3.63) is 29.3 Å². The van der Waals surface area contributed by atoms with Gasteiger partial charge in [-0.3, -0.25) is 0 Å². The molecule has 0 spiro atoms. The van der Waals surface area contributed by atoms with Gasteiger partial charge in [-0.1, -0.05) is 25.8 Å². The van der Waals surface area contributed by atoms with Crippen molar-refractivity contribution >= 4 is 9.84 Å². The van der Waals surface area contributed by atoms with Gasteiger partial charge in [0.05, 0.1) is 18.6 Å². The minimum atomic E-state index is -3.10. The van der Waals surface area contributed by atoms with Crippen molar-refractivity contribution in [2.45, 2.75) is 44.9 Å². The van der Waals surface area contributed by atoms with Crippen LogP contribution < -0.4 is 10.5 Å². The van der Waals surface area contributed by atoms with Gasteiger partial charge in [-0.05, 0) is 31.0 Å². The quantitative estimate of drug-likeness (QED) is 0.749.